The Morgan fingerprint density at radius 1 is 1.10 bits per heavy atom. The molecule has 0 N–H and O–H groups in total. The lowest BCUT2D eigenvalue weighted by Gasteiger charge is -2.44. The molecule has 2 aromatic rings. The molecule has 3 unspecified atom stereocenters. The lowest BCUT2D eigenvalue weighted by atomic mass is 9.85. The fourth-order valence-electron chi connectivity index (χ4n) is 5.73. The Bertz CT molecular complexity index is 1080. The van der Waals surface area contributed by atoms with E-state index in [0.717, 1.165) is 30.5 Å². The molecule has 3 atom stereocenters. The van der Waals surface area contributed by atoms with Crippen molar-refractivity contribution in [3.63, 3.8) is 0 Å². The molecule has 2 bridgehead atoms. The third kappa shape index (κ3) is 2.79. The van der Waals surface area contributed by atoms with Gasteiger partial charge in [-0.3, -0.25) is 9.59 Å². The third-order valence-electron chi connectivity index (χ3n) is 7.11. The minimum Gasteiger partial charge on any atom is -0.483 e. The Hall–Kier alpha value is -2.64. The van der Waals surface area contributed by atoms with Crippen LogP contribution in [-0.2, 0) is 21.6 Å². The van der Waals surface area contributed by atoms with Crippen LogP contribution in [0.15, 0.2) is 35.1 Å². The van der Waals surface area contributed by atoms with Gasteiger partial charge >= 0.3 is 0 Å². The van der Waals surface area contributed by atoms with Gasteiger partial charge in [0.2, 0.25) is 5.43 Å². The van der Waals surface area contributed by atoms with Crippen molar-refractivity contribution in [2.75, 3.05) is 27.3 Å². The van der Waals surface area contributed by atoms with Crippen LogP contribution in [-0.4, -0.2) is 48.8 Å². The molecule has 0 radical (unpaired) electrons. The van der Waals surface area contributed by atoms with E-state index in [1.165, 1.54) is 0 Å². The number of pyridine rings is 1. The number of amides is 1. The summed E-state index contributed by atoms with van der Waals surface area (Å²) in [6.45, 7) is 3.25. The molecular formula is C24H28N2O5. The van der Waals surface area contributed by atoms with Crippen molar-refractivity contribution in [3.8, 4) is 5.75 Å². The molecule has 7 heteroatoms. The fraction of sp³-hybridized carbons (Fsp3) is 0.500. The second kappa shape index (κ2) is 7.50. The zero-order valence-corrected chi connectivity index (χ0v) is 18.2. The molecule has 3 aliphatic rings. The van der Waals surface area contributed by atoms with Crippen molar-refractivity contribution in [1.82, 2.24) is 9.47 Å². The SMILES string of the molecule is COC1c2c(C)c(=O)c(OCc3ccccc3)c3n2C2(CCCCN(C2)C3=O)C1OC. The van der Waals surface area contributed by atoms with E-state index in [-0.39, 0.29) is 29.8 Å². The molecule has 0 aliphatic carbocycles. The highest BCUT2D eigenvalue weighted by atomic mass is 16.5. The molecule has 1 aromatic carbocycles. The summed E-state index contributed by atoms with van der Waals surface area (Å²) in [5.41, 5.74) is 1.88. The topological polar surface area (TPSA) is 70.0 Å². The maximum Gasteiger partial charge on any atom is 0.274 e. The summed E-state index contributed by atoms with van der Waals surface area (Å²) in [6.07, 6.45) is 2.06. The predicted octanol–water partition coefficient (Wildman–Crippen LogP) is 2.79. The van der Waals surface area contributed by atoms with Gasteiger partial charge in [0.25, 0.3) is 5.91 Å². The molecule has 1 fully saturated rings. The fourth-order valence-corrected chi connectivity index (χ4v) is 5.73. The van der Waals surface area contributed by atoms with E-state index < -0.39 is 11.6 Å². The molecule has 31 heavy (non-hydrogen) atoms. The van der Waals surface area contributed by atoms with Gasteiger partial charge in [-0.1, -0.05) is 30.3 Å². The molecule has 7 nitrogen and oxygen atoms in total. The number of methoxy groups -OCH3 is 2. The quantitative estimate of drug-likeness (QED) is 0.738. The van der Waals surface area contributed by atoms with Crippen molar-refractivity contribution < 1.29 is 19.0 Å². The van der Waals surface area contributed by atoms with Gasteiger partial charge < -0.3 is 23.7 Å². The first-order chi connectivity index (χ1) is 15.0. The van der Waals surface area contributed by atoms with Crippen LogP contribution in [0.1, 0.15) is 52.7 Å². The number of rotatable bonds is 5. The van der Waals surface area contributed by atoms with Gasteiger partial charge in [0.1, 0.15) is 18.8 Å². The number of aromatic nitrogens is 1. The number of ether oxygens (including phenoxy) is 3. The number of fused-ring (bicyclic) bond motifs is 1. The zero-order valence-electron chi connectivity index (χ0n) is 18.2. The predicted molar refractivity (Wildman–Crippen MR) is 114 cm³/mol. The highest BCUT2D eigenvalue weighted by molar-refractivity contribution is 5.97. The average Bonchev–Trinajstić information content (AvgIpc) is 2.91. The van der Waals surface area contributed by atoms with E-state index in [4.69, 9.17) is 14.2 Å². The molecule has 5 rings (SSSR count). The molecule has 164 valence electrons. The number of carbonyl (C=O) groups is 1. The lowest BCUT2D eigenvalue weighted by molar-refractivity contribution is -0.0818. The standard InChI is InChI=1S/C24H28N2O5/c1-15-17-21(29-2)22(30-3)24-11-7-8-12-25(14-24)23(28)18(26(17)24)20(19(15)27)31-13-16-9-5-4-6-10-16/h4-6,9-10,21-22H,7-8,11-14H2,1-3H3. The van der Waals surface area contributed by atoms with Crippen LogP contribution < -0.4 is 10.2 Å². The van der Waals surface area contributed by atoms with Gasteiger partial charge in [-0.05, 0) is 31.7 Å². The highest BCUT2D eigenvalue weighted by Gasteiger charge is 2.59. The molecule has 4 heterocycles. The molecule has 0 saturated carbocycles. The monoisotopic (exact) mass is 424 g/mol. The van der Waals surface area contributed by atoms with Gasteiger partial charge in [0.15, 0.2) is 11.4 Å². The number of hydrogen-bond donors (Lipinski definition) is 0. The smallest absolute Gasteiger partial charge is 0.274 e. The molecule has 1 aromatic heterocycles. The van der Waals surface area contributed by atoms with Gasteiger partial charge in [-0.25, -0.2) is 0 Å². The van der Waals surface area contributed by atoms with Crippen LogP contribution in [0, 0.1) is 6.92 Å². The Kier molecular flexibility index (Phi) is 4.90. The van der Waals surface area contributed by atoms with E-state index in [1.807, 2.05) is 35.2 Å². The van der Waals surface area contributed by atoms with Crippen molar-refractivity contribution in [3.05, 3.63) is 63.1 Å². The second-order valence-corrected chi connectivity index (χ2v) is 8.73. The maximum atomic E-state index is 13.6. The van der Waals surface area contributed by atoms with Crippen LogP contribution in [0.4, 0.5) is 0 Å². The summed E-state index contributed by atoms with van der Waals surface area (Å²) >= 11 is 0. The number of benzene rings is 1. The molecule has 1 saturated heterocycles. The first kappa shape index (κ1) is 20.3. The summed E-state index contributed by atoms with van der Waals surface area (Å²) in [5, 5.41) is 0. The first-order valence-corrected chi connectivity index (χ1v) is 10.8. The van der Waals surface area contributed by atoms with E-state index in [2.05, 4.69) is 4.57 Å². The van der Waals surface area contributed by atoms with Crippen LogP contribution in [0.5, 0.6) is 5.75 Å². The Morgan fingerprint density at radius 3 is 2.58 bits per heavy atom. The molecular weight excluding hydrogens is 396 g/mol. The van der Waals surface area contributed by atoms with Gasteiger partial charge in [0, 0.05) is 32.9 Å². The lowest BCUT2D eigenvalue weighted by Crippen LogP contribution is -2.57. The van der Waals surface area contributed by atoms with Crippen molar-refractivity contribution in [1.29, 1.82) is 0 Å². The largest absolute Gasteiger partial charge is 0.483 e. The van der Waals surface area contributed by atoms with Crippen molar-refractivity contribution in [2.45, 2.75) is 50.5 Å². The highest BCUT2D eigenvalue weighted by Crippen LogP contribution is 2.51. The Morgan fingerprint density at radius 2 is 1.87 bits per heavy atom. The van der Waals surface area contributed by atoms with Gasteiger partial charge in [0.05, 0.1) is 11.2 Å². The number of hydrogen-bond acceptors (Lipinski definition) is 5. The average molecular weight is 424 g/mol. The van der Waals surface area contributed by atoms with Crippen molar-refractivity contribution in [2.24, 2.45) is 0 Å². The number of nitrogens with zero attached hydrogens (tertiary/aromatic N) is 2. The maximum absolute atomic E-state index is 13.6. The van der Waals surface area contributed by atoms with Gasteiger partial charge in [-0.2, -0.15) is 0 Å². The van der Waals surface area contributed by atoms with E-state index in [1.54, 1.807) is 21.1 Å². The van der Waals surface area contributed by atoms with E-state index >= 15 is 0 Å². The second-order valence-electron chi connectivity index (χ2n) is 8.73. The van der Waals surface area contributed by atoms with Crippen LogP contribution in [0.25, 0.3) is 0 Å². The summed E-state index contributed by atoms with van der Waals surface area (Å²) in [4.78, 5) is 28.9. The molecule has 3 aliphatic heterocycles. The molecule has 1 spiro atoms. The van der Waals surface area contributed by atoms with Crippen molar-refractivity contribution >= 4 is 5.91 Å². The van der Waals surface area contributed by atoms with E-state index in [9.17, 15) is 9.59 Å². The minimum atomic E-state index is -0.464. The van der Waals surface area contributed by atoms with Crippen LogP contribution in [0.3, 0.4) is 0 Å². The summed E-state index contributed by atoms with van der Waals surface area (Å²) < 4.78 is 20.0. The molecule has 1 amide bonds. The zero-order chi connectivity index (χ0) is 21.8. The van der Waals surface area contributed by atoms with Crippen LogP contribution >= 0.6 is 0 Å². The Balaban J connectivity index is 1.75. The summed E-state index contributed by atoms with van der Waals surface area (Å²) in [6, 6.07) is 9.67. The first-order valence-electron chi connectivity index (χ1n) is 10.8. The third-order valence-corrected chi connectivity index (χ3v) is 7.11. The van der Waals surface area contributed by atoms with Gasteiger partial charge in [-0.15, -0.1) is 0 Å². The summed E-state index contributed by atoms with van der Waals surface area (Å²) in [7, 11) is 3.32. The number of carbonyl (C=O) groups excluding carboxylic acids is 1. The van der Waals surface area contributed by atoms with E-state index in [0.29, 0.717) is 24.3 Å². The Labute approximate surface area is 181 Å². The minimum absolute atomic E-state index is 0.137. The van der Waals surface area contributed by atoms with Crippen LogP contribution in [0.2, 0.25) is 0 Å². The normalized spacial score (nSPS) is 26.5. The summed E-state index contributed by atoms with van der Waals surface area (Å²) in [5.74, 6) is -0.0109.